The molecule has 1 fully saturated rings. The highest BCUT2D eigenvalue weighted by molar-refractivity contribution is 8.00. The van der Waals surface area contributed by atoms with E-state index in [0.717, 1.165) is 6.42 Å². The molecule has 1 aliphatic rings. The van der Waals surface area contributed by atoms with E-state index in [9.17, 15) is 4.79 Å². The minimum atomic E-state index is 0.241. The van der Waals surface area contributed by atoms with Crippen LogP contribution in [0, 0.1) is 11.8 Å². The quantitative estimate of drug-likeness (QED) is 0.624. The third-order valence-corrected chi connectivity index (χ3v) is 3.26. The summed E-state index contributed by atoms with van der Waals surface area (Å²) in [6.45, 7) is 3.96. The van der Waals surface area contributed by atoms with Crippen LogP contribution in [0.1, 0.15) is 20.3 Å². The van der Waals surface area contributed by atoms with E-state index in [-0.39, 0.29) is 5.92 Å². The number of rotatable bonds is 3. The number of hydrogen-bond acceptors (Lipinski definition) is 2. The van der Waals surface area contributed by atoms with Crippen LogP contribution in [-0.2, 0) is 4.79 Å². The number of Topliss-reactive ketones (excluding diaryl/α,β-unsaturated/α-hetero) is 1. The zero-order chi connectivity index (χ0) is 7.56. The van der Waals surface area contributed by atoms with Gasteiger partial charge in [-0.3, -0.25) is 4.79 Å². The molecule has 1 nitrogen and oxygen atoms in total. The summed E-state index contributed by atoms with van der Waals surface area (Å²) in [5.74, 6) is 3.80. The summed E-state index contributed by atoms with van der Waals surface area (Å²) in [5, 5.41) is 0. The number of hydrogen-bond donors (Lipinski definition) is 0. The van der Waals surface area contributed by atoms with Crippen LogP contribution in [-0.4, -0.2) is 17.3 Å². The SMILES string of the molecule is CC(C)C(=O)CC1CSC1. The molecule has 1 heterocycles. The van der Waals surface area contributed by atoms with Gasteiger partial charge in [-0.25, -0.2) is 0 Å². The van der Waals surface area contributed by atoms with Gasteiger partial charge in [0, 0.05) is 12.3 Å². The molecule has 0 radical (unpaired) electrons. The Morgan fingerprint density at radius 3 is 2.50 bits per heavy atom. The van der Waals surface area contributed by atoms with Crippen LogP contribution in [0.5, 0.6) is 0 Å². The molecular formula is C8H14OS. The van der Waals surface area contributed by atoms with E-state index in [1.54, 1.807) is 0 Å². The first kappa shape index (κ1) is 8.12. The molecule has 1 aliphatic heterocycles. The number of carbonyl (C=O) groups excluding carboxylic acids is 1. The lowest BCUT2D eigenvalue weighted by Gasteiger charge is -2.24. The third kappa shape index (κ3) is 2.01. The lowest BCUT2D eigenvalue weighted by atomic mass is 9.99. The van der Waals surface area contributed by atoms with Crippen molar-refractivity contribution in [2.75, 3.05) is 11.5 Å². The number of carbonyl (C=O) groups is 1. The average Bonchev–Trinajstić information content (AvgIpc) is 1.77. The molecule has 0 amide bonds. The lowest BCUT2D eigenvalue weighted by Crippen LogP contribution is -2.23. The van der Waals surface area contributed by atoms with Gasteiger partial charge in [0.25, 0.3) is 0 Å². The van der Waals surface area contributed by atoms with Gasteiger partial charge in [-0.1, -0.05) is 13.8 Å². The Morgan fingerprint density at radius 1 is 1.60 bits per heavy atom. The minimum Gasteiger partial charge on any atom is -0.299 e. The average molecular weight is 158 g/mol. The first-order valence-electron chi connectivity index (χ1n) is 3.80. The predicted molar refractivity (Wildman–Crippen MR) is 45.3 cm³/mol. The van der Waals surface area contributed by atoms with Crippen LogP contribution in [0.2, 0.25) is 0 Å². The Morgan fingerprint density at radius 2 is 2.20 bits per heavy atom. The van der Waals surface area contributed by atoms with Crippen LogP contribution < -0.4 is 0 Å². The normalized spacial score (nSPS) is 19.1. The van der Waals surface area contributed by atoms with Crippen LogP contribution in [0.25, 0.3) is 0 Å². The standard InChI is InChI=1S/C8H14OS/c1-6(2)8(9)3-7-4-10-5-7/h6-7H,3-5H2,1-2H3. The summed E-state index contributed by atoms with van der Waals surface area (Å²) in [5.41, 5.74) is 0. The fourth-order valence-corrected chi connectivity index (χ4v) is 1.73. The largest absolute Gasteiger partial charge is 0.299 e. The van der Waals surface area contributed by atoms with Crippen molar-refractivity contribution >= 4 is 17.5 Å². The molecule has 0 atom stereocenters. The molecule has 0 aromatic heterocycles. The molecule has 0 aromatic carbocycles. The predicted octanol–water partition coefficient (Wildman–Crippen LogP) is 1.96. The van der Waals surface area contributed by atoms with Crippen molar-refractivity contribution in [2.24, 2.45) is 11.8 Å². The van der Waals surface area contributed by atoms with E-state index < -0.39 is 0 Å². The highest BCUT2D eigenvalue weighted by Gasteiger charge is 2.22. The highest BCUT2D eigenvalue weighted by atomic mass is 32.2. The van der Waals surface area contributed by atoms with Crippen molar-refractivity contribution in [2.45, 2.75) is 20.3 Å². The summed E-state index contributed by atoms with van der Waals surface area (Å²) < 4.78 is 0. The summed E-state index contributed by atoms with van der Waals surface area (Å²) in [6.07, 6.45) is 0.824. The van der Waals surface area contributed by atoms with Gasteiger partial charge in [-0.05, 0) is 17.4 Å². The summed E-state index contributed by atoms with van der Waals surface area (Å²) >= 11 is 1.95. The lowest BCUT2D eigenvalue weighted by molar-refractivity contribution is -0.122. The Bertz CT molecular complexity index is 127. The molecule has 0 aromatic rings. The number of thioether (sulfide) groups is 1. The van der Waals surface area contributed by atoms with Crippen LogP contribution >= 0.6 is 11.8 Å². The maximum Gasteiger partial charge on any atom is 0.135 e. The van der Waals surface area contributed by atoms with E-state index in [1.807, 2.05) is 25.6 Å². The second-order valence-electron chi connectivity index (χ2n) is 3.23. The minimum absolute atomic E-state index is 0.241. The molecule has 0 unspecified atom stereocenters. The van der Waals surface area contributed by atoms with Gasteiger partial charge in [-0.15, -0.1) is 0 Å². The van der Waals surface area contributed by atoms with Gasteiger partial charge in [0.15, 0.2) is 0 Å². The Kier molecular flexibility index (Phi) is 2.78. The highest BCUT2D eigenvalue weighted by Crippen LogP contribution is 2.28. The maximum absolute atomic E-state index is 11.1. The van der Waals surface area contributed by atoms with Gasteiger partial charge in [-0.2, -0.15) is 11.8 Å². The third-order valence-electron chi connectivity index (χ3n) is 1.84. The maximum atomic E-state index is 11.1. The van der Waals surface area contributed by atoms with E-state index in [4.69, 9.17) is 0 Å². The fraction of sp³-hybridized carbons (Fsp3) is 0.875. The topological polar surface area (TPSA) is 17.1 Å². The molecule has 0 spiro atoms. The van der Waals surface area contributed by atoms with Gasteiger partial charge >= 0.3 is 0 Å². The molecule has 1 saturated heterocycles. The summed E-state index contributed by atoms with van der Waals surface area (Å²) in [4.78, 5) is 11.1. The van der Waals surface area contributed by atoms with E-state index in [2.05, 4.69) is 0 Å². The van der Waals surface area contributed by atoms with Crippen molar-refractivity contribution < 1.29 is 4.79 Å². The molecule has 10 heavy (non-hydrogen) atoms. The zero-order valence-corrected chi connectivity index (χ0v) is 7.41. The van der Waals surface area contributed by atoms with Crippen molar-refractivity contribution in [3.05, 3.63) is 0 Å². The molecule has 0 bridgehead atoms. The van der Waals surface area contributed by atoms with E-state index in [0.29, 0.717) is 11.7 Å². The van der Waals surface area contributed by atoms with E-state index >= 15 is 0 Å². The Balaban J connectivity index is 2.17. The first-order valence-corrected chi connectivity index (χ1v) is 4.96. The van der Waals surface area contributed by atoms with Crippen molar-refractivity contribution in [3.8, 4) is 0 Å². The second kappa shape index (κ2) is 3.42. The van der Waals surface area contributed by atoms with Gasteiger partial charge < -0.3 is 0 Å². The summed E-state index contributed by atoms with van der Waals surface area (Å²) in [7, 11) is 0. The molecule has 58 valence electrons. The molecule has 0 saturated carbocycles. The Labute approximate surface area is 66.6 Å². The van der Waals surface area contributed by atoms with Gasteiger partial charge in [0.1, 0.15) is 5.78 Å². The van der Waals surface area contributed by atoms with Crippen LogP contribution in [0.3, 0.4) is 0 Å². The smallest absolute Gasteiger partial charge is 0.135 e. The van der Waals surface area contributed by atoms with Crippen molar-refractivity contribution in [3.63, 3.8) is 0 Å². The molecule has 1 rings (SSSR count). The zero-order valence-electron chi connectivity index (χ0n) is 6.59. The van der Waals surface area contributed by atoms with Crippen LogP contribution in [0.15, 0.2) is 0 Å². The second-order valence-corrected chi connectivity index (χ2v) is 4.30. The Hall–Kier alpha value is 0.0200. The molecule has 0 aliphatic carbocycles. The number of ketones is 1. The first-order chi connectivity index (χ1) is 4.70. The monoisotopic (exact) mass is 158 g/mol. The van der Waals surface area contributed by atoms with E-state index in [1.165, 1.54) is 11.5 Å². The molecule has 0 N–H and O–H groups in total. The van der Waals surface area contributed by atoms with Crippen molar-refractivity contribution in [1.82, 2.24) is 0 Å². The fourth-order valence-electron chi connectivity index (χ4n) is 0.923. The molecular weight excluding hydrogens is 144 g/mol. The summed E-state index contributed by atoms with van der Waals surface area (Å²) in [6, 6.07) is 0. The molecule has 2 heteroatoms. The van der Waals surface area contributed by atoms with Crippen LogP contribution in [0.4, 0.5) is 0 Å². The van der Waals surface area contributed by atoms with Crippen molar-refractivity contribution in [1.29, 1.82) is 0 Å². The van der Waals surface area contributed by atoms with Gasteiger partial charge in [0.2, 0.25) is 0 Å². The van der Waals surface area contributed by atoms with Gasteiger partial charge in [0.05, 0.1) is 0 Å².